The average Bonchev–Trinajstić information content (AvgIpc) is 3.23. The Morgan fingerprint density at radius 3 is 2.56 bits per heavy atom. The fourth-order valence-corrected chi connectivity index (χ4v) is 4.55. The van der Waals surface area contributed by atoms with E-state index in [1.807, 2.05) is 41.0 Å². The maximum Gasteiger partial charge on any atom is 0.321 e. The molecule has 0 saturated carbocycles. The van der Waals surface area contributed by atoms with Gasteiger partial charge in [0.2, 0.25) is 11.9 Å². The van der Waals surface area contributed by atoms with Crippen molar-refractivity contribution in [2.24, 2.45) is 5.92 Å². The summed E-state index contributed by atoms with van der Waals surface area (Å²) in [5, 5.41) is 0. The molecule has 2 aromatic carbocycles. The number of anilines is 1. The van der Waals surface area contributed by atoms with Gasteiger partial charge in [-0.15, -0.1) is 0 Å². The van der Waals surface area contributed by atoms with Crippen LogP contribution < -0.4 is 14.4 Å². The molecule has 0 aliphatic carbocycles. The predicted octanol–water partition coefficient (Wildman–Crippen LogP) is 3.21. The van der Waals surface area contributed by atoms with Gasteiger partial charge in [0.05, 0.1) is 37.9 Å². The van der Waals surface area contributed by atoms with Gasteiger partial charge in [0.1, 0.15) is 0 Å². The first-order chi connectivity index (χ1) is 16.6. The minimum atomic E-state index is -1.13. The van der Waals surface area contributed by atoms with E-state index in [1.54, 1.807) is 32.1 Å². The van der Waals surface area contributed by atoms with Gasteiger partial charge in [-0.05, 0) is 31.5 Å². The van der Waals surface area contributed by atoms with Crippen LogP contribution in [0.15, 0.2) is 42.5 Å². The highest BCUT2D eigenvalue weighted by Crippen LogP contribution is 2.46. The quantitative estimate of drug-likeness (QED) is 0.271. The SMILES string of the molecule is CCOC(=O)[C@H]1C(=O)N(CCCOC)c2nc3ccccc3n2[C@H]1c1cccc(OC)c1OC. The fraction of sp³-hybridized carbons (Fsp3) is 0.400. The largest absolute Gasteiger partial charge is 0.493 e. The number of nitrogens with zero attached hydrogens (tertiary/aromatic N) is 3. The summed E-state index contributed by atoms with van der Waals surface area (Å²) in [6.07, 6.45) is 0.591. The second-order valence-corrected chi connectivity index (χ2v) is 7.86. The lowest BCUT2D eigenvalue weighted by atomic mass is 9.88. The molecule has 0 N–H and O–H groups in total. The van der Waals surface area contributed by atoms with E-state index in [0.717, 1.165) is 11.0 Å². The van der Waals surface area contributed by atoms with E-state index in [9.17, 15) is 9.59 Å². The first-order valence-corrected chi connectivity index (χ1v) is 11.2. The number of aromatic nitrogens is 2. The number of hydrogen-bond acceptors (Lipinski definition) is 7. The van der Waals surface area contributed by atoms with Gasteiger partial charge in [0, 0.05) is 25.8 Å². The molecule has 34 heavy (non-hydrogen) atoms. The van der Waals surface area contributed by atoms with Crippen molar-refractivity contribution in [2.45, 2.75) is 19.4 Å². The van der Waals surface area contributed by atoms with Crippen LogP contribution in [0.1, 0.15) is 24.9 Å². The third-order valence-electron chi connectivity index (χ3n) is 5.97. The Hall–Kier alpha value is -3.59. The third-order valence-corrected chi connectivity index (χ3v) is 5.97. The van der Waals surface area contributed by atoms with Crippen LogP contribution in [0.4, 0.5) is 5.95 Å². The van der Waals surface area contributed by atoms with Crippen molar-refractivity contribution >= 4 is 28.9 Å². The summed E-state index contributed by atoms with van der Waals surface area (Å²) >= 11 is 0. The van der Waals surface area contributed by atoms with Gasteiger partial charge in [-0.25, -0.2) is 4.98 Å². The maximum absolute atomic E-state index is 13.9. The van der Waals surface area contributed by atoms with Crippen LogP contribution in [0.25, 0.3) is 11.0 Å². The van der Waals surface area contributed by atoms with Crippen molar-refractivity contribution in [1.29, 1.82) is 0 Å². The highest BCUT2D eigenvalue weighted by Gasteiger charge is 2.48. The number of para-hydroxylation sites is 3. The number of amides is 1. The summed E-state index contributed by atoms with van der Waals surface area (Å²) in [4.78, 5) is 33.5. The number of hydrogen-bond donors (Lipinski definition) is 0. The van der Waals surface area contributed by atoms with E-state index >= 15 is 0 Å². The number of carbonyl (C=O) groups excluding carboxylic acids is 2. The molecule has 0 radical (unpaired) electrons. The minimum Gasteiger partial charge on any atom is -0.493 e. The van der Waals surface area contributed by atoms with E-state index in [1.165, 1.54) is 7.11 Å². The summed E-state index contributed by atoms with van der Waals surface area (Å²) in [6, 6.07) is 12.3. The molecular formula is C25H29N3O6. The van der Waals surface area contributed by atoms with E-state index in [-0.39, 0.29) is 12.5 Å². The highest BCUT2D eigenvalue weighted by atomic mass is 16.5. The fourth-order valence-electron chi connectivity index (χ4n) is 4.55. The molecule has 2 atom stereocenters. The van der Waals surface area contributed by atoms with E-state index < -0.39 is 17.9 Å². The van der Waals surface area contributed by atoms with Crippen molar-refractivity contribution in [3.05, 3.63) is 48.0 Å². The Kier molecular flexibility index (Phi) is 7.02. The first-order valence-electron chi connectivity index (χ1n) is 11.2. The van der Waals surface area contributed by atoms with Crippen molar-refractivity contribution < 1.29 is 28.5 Å². The van der Waals surface area contributed by atoms with E-state index in [0.29, 0.717) is 42.6 Å². The molecule has 1 amide bonds. The van der Waals surface area contributed by atoms with Crippen LogP contribution in [-0.2, 0) is 19.1 Å². The van der Waals surface area contributed by atoms with Gasteiger partial charge in [-0.1, -0.05) is 24.3 Å². The molecule has 0 fully saturated rings. The lowest BCUT2D eigenvalue weighted by molar-refractivity contribution is -0.153. The molecule has 1 aromatic heterocycles. The lowest BCUT2D eigenvalue weighted by Gasteiger charge is -2.38. The van der Waals surface area contributed by atoms with Crippen molar-refractivity contribution in [3.8, 4) is 11.5 Å². The summed E-state index contributed by atoms with van der Waals surface area (Å²) in [7, 11) is 4.70. The number of esters is 1. The molecule has 0 saturated heterocycles. The van der Waals surface area contributed by atoms with Crippen LogP contribution in [0.3, 0.4) is 0 Å². The zero-order valence-electron chi connectivity index (χ0n) is 19.8. The highest BCUT2D eigenvalue weighted by molar-refractivity contribution is 6.08. The average molecular weight is 468 g/mol. The smallest absolute Gasteiger partial charge is 0.321 e. The van der Waals surface area contributed by atoms with Crippen LogP contribution in [0.5, 0.6) is 11.5 Å². The Bertz CT molecular complexity index is 1190. The van der Waals surface area contributed by atoms with Gasteiger partial charge in [0.25, 0.3) is 0 Å². The minimum absolute atomic E-state index is 0.159. The molecular weight excluding hydrogens is 438 g/mol. The Morgan fingerprint density at radius 1 is 1.06 bits per heavy atom. The number of ether oxygens (including phenoxy) is 4. The van der Waals surface area contributed by atoms with Crippen molar-refractivity contribution in [1.82, 2.24) is 9.55 Å². The van der Waals surface area contributed by atoms with Gasteiger partial charge >= 0.3 is 5.97 Å². The molecule has 3 aromatic rings. The number of carbonyl (C=O) groups is 2. The standard InChI is InChI=1S/C25H29N3O6/c1-5-34-24(30)20-21(16-10-8-13-19(32-3)22(16)33-4)28-18-12-7-6-11-17(18)26-25(28)27(23(20)29)14-9-15-31-2/h6-8,10-13,20-21H,5,9,14-15H2,1-4H3/t20-,21+/m1/s1. The number of benzene rings is 2. The second kappa shape index (κ2) is 10.1. The zero-order valence-corrected chi connectivity index (χ0v) is 19.8. The molecule has 9 nitrogen and oxygen atoms in total. The summed E-state index contributed by atoms with van der Waals surface area (Å²) in [6.45, 7) is 2.71. The van der Waals surface area contributed by atoms with Gasteiger partial charge in [0.15, 0.2) is 17.4 Å². The number of imidazole rings is 1. The molecule has 0 bridgehead atoms. The monoisotopic (exact) mass is 467 g/mol. The molecule has 0 unspecified atom stereocenters. The van der Waals surface area contributed by atoms with E-state index in [4.69, 9.17) is 23.9 Å². The van der Waals surface area contributed by atoms with E-state index in [2.05, 4.69) is 0 Å². The second-order valence-electron chi connectivity index (χ2n) is 7.86. The summed E-state index contributed by atoms with van der Waals surface area (Å²) in [5.74, 6) is -0.668. The molecule has 9 heteroatoms. The topological polar surface area (TPSA) is 92.1 Å². The van der Waals surface area contributed by atoms with Gasteiger partial charge < -0.3 is 23.5 Å². The number of fused-ring (bicyclic) bond motifs is 3. The van der Waals surface area contributed by atoms with Crippen LogP contribution in [0.2, 0.25) is 0 Å². The lowest BCUT2D eigenvalue weighted by Crippen LogP contribution is -2.50. The van der Waals surface area contributed by atoms with Crippen molar-refractivity contribution in [3.63, 3.8) is 0 Å². The number of rotatable bonds is 9. The number of methoxy groups -OCH3 is 3. The summed E-state index contributed by atoms with van der Waals surface area (Å²) in [5.41, 5.74) is 2.15. The first kappa shape index (κ1) is 23.6. The maximum atomic E-state index is 13.9. The predicted molar refractivity (Wildman–Crippen MR) is 126 cm³/mol. The third kappa shape index (κ3) is 3.96. The Labute approximate surface area is 198 Å². The molecule has 0 spiro atoms. The Morgan fingerprint density at radius 2 is 1.85 bits per heavy atom. The van der Waals surface area contributed by atoms with Crippen LogP contribution >= 0.6 is 0 Å². The van der Waals surface area contributed by atoms with Crippen molar-refractivity contribution in [2.75, 3.05) is 46.0 Å². The van der Waals surface area contributed by atoms with Crippen LogP contribution in [0, 0.1) is 5.92 Å². The van der Waals surface area contributed by atoms with Gasteiger partial charge in [-0.2, -0.15) is 0 Å². The molecule has 2 heterocycles. The zero-order chi connectivity index (χ0) is 24.2. The van der Waals surface area contributed by atoms with Gasteiger partial charge in [-0.3, -0.25) is 14.5 Å². The summed E-state index contributed by atoms with van der Waals surface area (Å²) < 4.78 is 23.7. The molecule has 180 valence electrons. The molecule has 1 aliphatic rings. The normalized spacial score (nSPS) is 17.5. The molecule has 1 aliphatic heterocycles. The molecule has 4 rings (SSSR count). The van der Waals surface area contributed by atoms with Crippen LogP contribution in [-0.4, -0.2) is 62.5 Å². The Balaban J connectivity index is 2.00.